The highest BCUT2D eigenvalue weighted by atomic mass is 79.9. The van der Waals surface area contributed by atoms with E-state index < -0.39 is 5.92 Å². The second kappa shape index (κ2) is 11.1. The van der Waals surface area contributed by atoms with Crippen LogP contribution in [0, 0.1) is 29.6 Å². The number of carbonyl (C=O) groups excluding carboxylic acids is 3. The van der Waals surface area contributed by atoms with E-state index in [1.54, 1.807) is 28.8 Å². The number of H-pyrrole nitrogens is 1. The number of nitrogens with one attached hydrogen (secondary N) is 1. The first kappa shape index (κ1) is 29.0. The predicted octanol–water partition coefficient (Wildman–Crippen LogP) is 4.88. The largest absolute Gasteiger partial charge is 0.483 e. The normalized spacial score (nSPS) is 30.4. The van der Waals surface area contributed by atoms with Gasteiger partial charge in [0.2, 0.25) is 11.8 Å². The number of benzene rings is 2. The van der Waals surface area contributed by atoms with E-state index in [0.29, 0.717) is 37.7 Å². The van der Waals surface area contributed by atoms with Gasteiger partial charge >= 0.3 is 4.87 Å². The number of imide groups is 1. The predicted molar refractivity (Wildman–Crippen MR) is 172 cm³/mol. The lowest BCUT2D eigenvalue weighted by molar-refractivity contribution is -0.137. The van der Waals surface area contributed by atoms with Crippen LogP contribution in [-0.2, 0) is 19.1 Å². The minimum absolute atomic E-state index is 0.00960. The number of carbonyl (C=O) groups is 3. The van der Waals surface area contributed by atoms with Crippen LogP contribution in [0.3, 0.4) is 0 Å². The standard InChI is InChI=1S/C31H27Br2N3O6S2/c32-14-1-4-16(5-2-14)36-29(38)24-18-12-19(25(24)30(36)39)26-23(18)22(27-28(43-26)34-31(40)44-27)17-11-15(33)3-6-20(17)42-13-21(37)35-7-9-41-10-8-35/h1-6,11,18-19,22-26H,7-10,12-13H2,(H,34,40)/t18?,19?,22-,23?,24?,25?,26?/m1/s1. The smallest absolute Gasteiger partial charge is 0.305 e. The third-order valence-electron chi connectivity index (χ3n) is 9.83. The van der Waals surface area contributed by atoms with Gasteiger partial charge in [-0.3, -0.25) is 24.1 Å². The zero-order valence-corrected chi connectivity index (χ0v) is 28.0. The van der Waals surface area contributed by atoms with E-state index in [1.807, 2.05) is 30.3 Å². The molecule has 2 aromatic carbocycles. The van der Waals surface area contributed by atoms with Crippen molar-refractivity contribution in [1.82, 2.24) is 9.88 Å². The number of thiazole rings is 1. The summed E-state index contributed by atoms with van der Waals surface area (Å²) in [5.41, 5.74) is 1.48. The molecule has 4 fully saturated rings. The van der Waals surface area contributed by atoms with Gasteiger partial charge in [-0.05, 0) is 66.6 Å². The quantitative estimate of drug-likeness (QED) is 0.370. The highest BCUT2D eigenvalue weighted by Crippen LogP contribution is 2.69. The molecule has 2 saturated heterocycles. The fourth-order valence-electron chi connectivity index (χ4n) is 8.15. The number of morpholine rings is 1. The lowest BCUT2D eigenvalue weighted by atomic mass is 9.68. The van der Waals surface area contributed by atoms with E-state index in [9.17, 15) is 19.2 Å². The Kier molecular flexibility index (Phi) is 7.32. The maximum absolute atomic E-state index is 14.0. The molecule has 2 aliphatic carbocycles. The molecule has 5 aliphatic rings. The minimum Gasteiger partial charge on any atom is -0.483 e. The summed E-state index contributed by atoms with van der Waals surface area (Å²) in [7, 11) is 0. The topological polar surface area (TPSA) is 109 Å². The molecule has 6 unspecified atom stereocenters. The summed E-state index contributed by atoms with van der Waals surface area (Å²) < 4.78 is 13.4. The van der Waals surface area contributed by atoms with Gasteiger partial charge in [-0.25, -0.2) is 0 Å². The molecular formula is C31H27Br2N3O6S2. The van der Waals surface area contributed by atoms with Gasteiger partial charge in [0.1, 0.15) is 5.75 Å². The Morgan fingerprint density at radius 2 is 1.68 bits per heavy atom. The van der Waals surface area contributed by atoms with Crippen molar-refractivity contribution in [2.75, 3.05) is 37.8 Å². The molecule has 3 aliphatic heterocycles. The fraction of sp³-hybridized carbons (Fsp3) is 0.419. The summed E-state index contributed by atoms with van der Waals surface area (Å²) in [6.45, 7) is 1.99. The minimum atomic E-state index is -0.405. The number of aromatic amines is 1. The summed E-state index contributed by atoms with van der Waals surface area (Å²) >= 11 is 9.93. The lowest BCUT2D eigenvalue weighted by Gasteiger charge is -2.43. The van der Waals surface area contributed by atoms with Gasteiger partial charge in [0.05, 0.1) is 35.8 Å². The van der Waals surface area contributed by atoms with Crippen molar-refractivity contribution in [1.29, 1.82) is 0 Å². The van der Waals surface area contributed by atoms with Crippen molar-refractivity contribution in [3.05, 3.63) is 71.5 Å². The number of aromatic nitrogens is 1. The first-order valence-electron chi connectivity index (χ1n) is 14.6. The molecule has 4 heterocycles. The van der Waals surface area contributed by atoms with Crippen molar-refractivity contribution in [2.24, 2.45) is 29.6 Å². The maximum atomic E-state index is 14.0. The van der Waals surface area contributed by atoms with Gasteiger partial charge < -0.3 is 19.4 Å². The number of hydrogen-bond donors (Lipinski definition) is 1. The molecular weight excluding hydrogens is 734 g/mol. The molecule has 1 aromatic heterocycles. The Balaban J connectivity index is 1.16. The number of amides is 3. The van der Waals surface area contributed by atoms with Crippen LogP contribution in [0.15, 0.2) is 61.2 Å². The summed E-state index contributed by atoms with van der Waals surface area (Å²) in [6.07, 6.45) is 0.790. The second-order valence-corrected chi connectivity index (χ2v) is 15.9. The van der Waals surface area contributed by atoms with Crippen molar-refractivity contribution in [2.45, 2.75) is 22.6 Å². The maximum Gasteiger partial charge on any atom is 0.305 e. The molecule has 9 nitrogen and oxygen atoms in total. The number of hydrogen-bond acceptors (Lipinski definition) is 8. The molecule has 0 radical (unpaired) electrons. The van der Waals surface area contributed by atoms with Crippen LogP contribution < -0.4 is 14.5 Å². The van der Waals surface area contributed by atoms with Gasteiger partial charge in [0.15, 0.2) is 6.61 Å². The summed E-state index contributed by atoms with van der Waals surface area (Å²) in [5, 5.41) is 0.875. The Morgan fingerprint density at radius 3 is 2.43 bits per heavy atom. The summed E-state index contributed by atoms with van der Waals surface area (Å²) in [4.78, 5) is 60.6. The van der Waals surface area contributed by atoms with Crippen LogP contribution in [0.2, 0.25) is 0 Å². The van der Waals surface area contributed by atoms with E-state index in [1.165, 1.54) is 16.2 Å². The van der Waals surface area contributed by atoms with Crippen molar-refractivity contribution in [3.8, 4) is 5.75 Å². The van der Waals surface area contributed by atoms with Gasteiger partial charge in [0.25, 0.3) is 5.91 Å². The van der Waals surface area contributed by atoms with Crippen LogP contribution in [0.25, 0.3) is 0 Å². The van der Waals surface area contributed by atoms with Crippen molar-refractivity contribution < 1.29 is 23.9 Å². The van der Waals surface area contributed by atoms with E-state index >= 15 is 0 Å². The van der Waals surface area contributed by atoms with Crippen LogP contribution in [-0.4, -0.2) is 65.8 Å². The molecule has 0 spiro atoms. The van der Waals surface area contributed by atoms with Gasteiger partial charge in [0, 0.05) is 43.6 Å². The molecule has 44 heavy (non-hydrogen) atoms. The van der Waals surface area contributed by atoms with Gasteiger partial charge in [-0.15, -0.1) is 11.8 Å². The molecule has 1 N–H and O–H groups in total. The average Bonchev–Trinajstić information content (AvgIpc) is 3.76. The first-order valence-corrected chi connectivity index (χ1v) is 17.9. The molecule has 13 heteroatoms. The molecule has 8 rings (SSSR count). The number of thioether (sulfide) groups is 1. The molecule has 228 valence electrons. The number of anilines is 1. The zero-order valence-electron chi connectivity index (χ0n) is 23.2. The van der Waals surface area contributed by atoms with Crippen LogP contribution >= 0.6 is 55.0 Å². The number of fused-ring (bicyclic) bond motifs is 9. The third kappa shape index (κ3) is 4.56. The molecule has 7 atom stereocenters. The van der Waals surface area contributed by atoms with Crippen LogP contribution in [0.4, 0.5) is 5.69 Å². The summed E-state index contributed by atoms with van der Waals surface area (Å²) in [6, 6.07) is 13.1. The van der Waals surface area contributed by atoms with E-state index in [-0.39, 0.29) is 64.0 Å². The third-order valence-corrected chi connectivity index (χ3v) is 13.4. The monoisotopic (exact) mass is 759 g/mol. The first-order chi connectivity index (χ1) is 21.3. The van der Waals surface area contributed by atoms with Crippen molar-refractivity contribution in [3.63, 3.8) is 0 Å². The van der Waals surface area contributed by atoms with Crippen LogP contribution in [0.5, 0.6) is 5.75 Å². The number of rotatable bonds is 5. The van der Waals surface area contributed by atoms with E-state index in [2.05, 4.69) is 36.8 Å². The average molecular weight is 762 g/mol. The van der Waals surface area contributed by atoms with E-state index in [4.69, 9.17) is 9.47 Å². The molecule has 3 aromatic rings. The summed E-state index contributed by atoms with van der Waals surface area (Å²) in [5.74, 6) is -0.787. The SMILES string of the molecule is O=C(COc1ccc(Br)cc1[C@H]1c2sc(=O)[nH]c2SC2C3CC(C4C(=O)N(c5ccc(Br)cc5)C(=O)C34)C21)N1CCOCC1. The van der Waals surface area contributed by atoms with Gasteiger partial charge in [-0.1, -0.05) is 43.2 Å². The zero-order chi connectivity index (χ0) is 30.3. The fourth-order valence-corrected chi connectivity index (χ4v) is 11.7. The number of nitrogens with zero attached hydrogens (tertiary/aromatic N) is 2. The van der Waals surface area contributed by atoms with E-state index in [0.717, 1.165) is 30.8 Å². The molecule has 2 saturated carbocycles. The Bertz CT molecular complexity index is 1740. The van der Waals surface area contributed by atoms with Gasteiger partial charge in [-0.2, -0.15) is 0 Å². The Hall–Kier alpha value is -2.45. The molecule has 3 amide bonds. The Morgan fingerprint density at radius 1 is 0.977 bits per heavy atom. The second-order valence-electron chi connectivity index (χ2n) is 11.9. The van der Waals surface area contributed by atoms with Crippen molar-refractivity contribution >= 4 is 78.4 Å². The highest BCUT2D eigenvalue weighted by molar-refractivity contribution is 9.10. The Labute approximate surface area is 277 Å². The number of halogens is 2. The lowest BCUT2D eigenvalue weighted by Crippen LogP contribution is -2.43. The molecule has 2 bridgehead atoms. The number of ether oxygens (including phenoxy) is 2. The van der Waals surface area contributed by atoms with Crippen LogP contribution in [0.1, 0.15) is 22.8 Å². The highest BCUT2D eigenvalue weighted by Gasteiger charge is 2.69.